The fourth-order valence-electron chi connectivity index (χ4n) is 4.71. The number of rotatable bonds is 4. The van der Waals surface area contributed by atoms with Crippen LogP contribution in [-0.2, 0) is 9.47 Å². The molecule has 9 nitrogen and oxygen atoms in total. The molecule has 0 bridgehead atoms. The van der Waals surface area contributed by atoms with Gasteiger partial charge in [-0.2, -0.15) is 5.10 Å². The van der Waals surface area contributed by atoms with Crippen molar-refractivity contribution in [2.45, 2.75) is 63.7 Å². The van der Waals surface area contributed by atoms with Crippen molar-refractivity contribution in [3.05, 3.63) is 23.7 Å². The fraction of sp³-hybridized carbons (Fsp3) is 0.545. The molecular formula is C22H26N6O3. The van der Waals surface area contributed by atoms with E-state index in [1.807, 2.05) is 4.68 Å². The zero-order valence-electron chi connectivity index (χ0n) is 17.8. The molecule has 31 heavy (non-hydrogen) atoms. The zero-order chi connectivity index (χ0) is 21.2. The highest BCUT2D eigenvalue weighted by molar-refractivity contribution is 5.99. The first-order chi connectivity index (χ1) is 15.1. The maximum absolute atomic E-state index is 6.28. The predicted octanol–water partition coefficient (Wildman–Crippen LogP) is 3.83. The number of hydrogen-bond donors (Lipinski definition) is 1. The Hall–Kier alpha value is -2.78. The standard InChI is InChI=1S/C22H26N6O3/c1-12(2)28-21-16(20(23)24-11-25-21)17(26-28)18-15(19(31-27-18)14-3-4-14)13-5-7-22(8-6-13)29-9-10-30-22/h5,11-12,14H,3-4,6-10H2,1-2H3,(H2,23,24,25). The van der Waals surface area contributed by atoms with Crippen LogP contribution in [0.1, 0.15) is 69.2 Å². The van der Waals surface area contributed by atoms with Gasteiger partial charge in [0.2, 0.25) is 0 Å². The highest BCUT2D eigenvalue weighted by Crippen LogP contribution is 2.49. The molecule has 6 rings (SSSR count). The summed E-state index contributed by atoms with van der Waals surface area (Å²) in [6.45, 7) is 5.46. The molecule has 1 saturated heterocycles. The van der Waals surface area contributed by atoms with Crippen molar-refractivity contribution in [1.29, 1.82) is 0 Å². The summed E-state index contributed by atoms with van der Waals surface area (Å²) in [6, 6.07) is 0.120. The molecule has 9 heteroatoms. The Morgan fingerprint density at radius 1 is 1.16 bits per heavy atom. The van der Waals surface area contributed by atoms with Gasteiger partial charge < -0.3 is 19.7 Å². The Bertz CT molecular complexity index is 1180. The van der Waals surface area contributed by atoms with E-state index in [2.05, 4.69) is 35.0 Å². The first kappa shape index (κ1) is 18.9. The minimum Gasteiger partial charge on any atom is -0.383 e. The van der Waals surface area contributed by atoms with E-state index in [4.69, 9.17) is 24.8 Å². The average Bonchev–Trinajstić information content (AvgIpc) is 3.18. The summed E-state index contributed by atoms with van der Waals surface area (Å²) in [5, 5.41) is 10.1. The van der Waals surface area contributed by atoms with Gasteiger partial charge in [0.1, 0.15) is 29.3 Å². The summed E-state index contributed by atoms with van der Waals surface area (Å²) in [4.78, 5) is 8.68. The number of nitrogens with two attached hydrogens (primary N) is 1. The number of nitrogen functional groups attached to an aromatic ring is 1. The van der Waals surface area contributed by atoms with E-state index < -0.39 is 5.79 Å². The minimum atomic E-state index is -0.468. The van der Waals surface area contributed by atoms with Crippen molar-refractivity contribution in [2.75, 3.05) is 18.9 Å². The van der Waals surface area contributed by atoms with Crippen LogP contribution in [0, 0.1) is 0 Å². The molecule has 4 heterocycles. The summed E-state index contributed by atoms with van der Waals surface area (Å²) >= 11 is 0. The maximum Gasteiger partial charge on any atom is 0.172 e. The van der Waals surface area contributed by atoms with Crippen molar-refractivity contribution in [2.24, 2.45) is 0 Å². The molecule has 1 saturated carbocycles. The van der Waals surface area contributed by atoms with Crippen molar-refractivity contribution in [3.8, 4) is 11.4 Å². The smallest absolute Gasteiger partial charge is 0.172 e. The average molecular weight is 422 g/mol. The lowest BCUT2D eigenvalue weighted by Crippen LogP contribution is -2.31. The third kappa shape index (κ3) is 2.98. The third-order valence-corrected chi connectivity index (χ3v) is 6.47. The molecule has 3 aromatic heterocycles. The monoisotopic (exact) mass is 422 g/mol. The van der Waals surface area contributed by atoms with Crippen molar-refractivity contribution in [3.63, 3.8) is 0 Å². The largest absolute Gasteiger partial charge is 0.383 e. The van der Waals surface area contributed by atoms with Crippen LogP contribution in [0.5, 0.6) is 0 Å². The molecule has 2 fully saturated rings. The molecule has 2 N–H and O–H groups in total. The van der Waals surface area contributed by atoms with Crippen molar-refractivity contribution in [1.82, 2.24) is 24.9 Å². The SMILES string of the molecule is CC(C)n1nc(-c2noc(C3CC3)c2C2=CCC3(CC2)OCCO3)c2c(N)ncnc21. The van der Waals surface area contributed by atoms with Gasteiger partial charge in [-0.3, -0.25) is 0 Å². The van der Waals surface area contributed by atoms with Crippen LogP contribution in [0.3, 0.4) is 0 Å². The lowest BCUT2D eigenvalue weighted by Gasteiger charge is -2.30. The number of nitrogens with zero attached hydrogens (tertiary/aromatic N) is 5. The van der Waals surface area contributed by atoms with E-state index in [9.17, 15) is 0 Å². The van der Waals surface area contributed by atoms with Crippen molar-refractivity contribution >= 4 is 22.4 Å². The highest BCUT2D eigenvalue weighted by Gasteiger charge is 2.41. The van der Waals surface area contributed by atoms with E-state index in [1.54, 1.807) is 0 Å². The number of aromatic nitrogens is 5. The summed E-state index contributed by atoms with van der Waals surface area (Å²) < 4.78 is 19.6. The van der Waals surface area contributed by atoms with Gasteiger partial charge in [0.25, 0.3) is 0 Å². The molecule has 0 amide bonds. The van der Waals surface area contributed by atoms with Gasteiger partial charge >= 0.3 is 0 Å². The van der Waals surface area contributed by atoms with Crippen LogP contribution in [0.4, 0.5) is 5.82 Å². The molecule has 1 aliphatic heterocycles. The Morgan fingerprint density at radius 2 is 1.97 bits per heavy atom. The molecule has 2 aliphatic carbocycles. The first-order valence-corrected chi connectivity index (χ1v) is 11.0. The number of allylic oxidation sites excluding steroid dienone is 1. The first-order valence-electron chi connectivity index (χ1n) is 11.0. The summed E-state index contributed by atoms with van der Waals surface area (Å²) in [5.41, 5.74) is 10.7. The van der Waals surface area contributed by atoms with Gasteiger partial charge in [-0.25, -0.2) is 14.6 Å². The van der Waals surface area contributed by atoms with Crippen LogP contribution < -0.4 is 5.73 Å². The molecule has 162 valence electrons. The lowest BCUT2D eigenvalue weighted by atomic mass is 9.87. The third-order valence-electron chi connectivity index (χ3n) is 6.47. The van der Waals surface area contributed by atoms with E-state index in [0.29, 0.717) is 36.3 Å². The number of fused-ring (bicyclic) bond motifs is 1. The fourth-order valence-corrected chi connectivity index (χ4v) is 4.71. The van der Waals surface area contributed by atoms with E-state index in [1.165, 1.54) is 11.9 Å². The zero-order valence-corrected chi connectivity index (χ0v) is 17.8. The Balaban J connectivity index is 1.52. The number of ether oxygens (including phenoxy) is 2. The van der Waals surface area contributed by atoms with Crippen LogP contribution >= 0.6 is 0 Å². The molecule has 0 radical (unpaired) electrons. The van der Waals surface area contributed by atoms with E-state index in [0.717, 1.165) is 54.5 Å². The molecule has 0 unspecified atom stereocenters. The van der Waals surface area contributed by atoms with Crippen LogP contribution in [-0.4, -0.2) is 43.9 Å². The molecular weight excluding hydrogens is 396 g/mol. The van der Waals surface area contributed by atoms with Gasteiger partial charge in [-0.15, -0.1) is 0 Å². The lowest BCUT2D eigenvalue weighted by molar-refractivity contribution is -0.159. The van der Waals surface area contributed by atoms with Crippen LogP contribution in [0.25, 0.3) is 28.0 Å². The molecule has 0 aromatic carbocycles. The van der Waals surface area contributed by atoms with E-state index in [-0.39, 0.29) is 6.04 Å². The highest BCUT2D eigenvalue weighted by atomic mass is 16.7. The Kier molecular flexibility index (Phi) is 4.19. The van der Waals surface area contributed by atoms with Crippen LogP contribution in [0.15, 0.2) is 16.9 Å². The Labute approximate surface area is 179 Å². The van der Waals surface area contributed by atoms with Gasteiger partial charge in [-0.05, 0) is 38.7 Å². The second-order valence-corrected chi connectivity index (χ2v) is 8.93. The summed E-state index contributed by atoms with van der Waals surface area (Å²) in [5.74, 6) is 1.30. The van der Waals surface area contributed by atoms with Gasteiger partial charge in [0.15, 0.2) is 11.4 Å². The molecule has 1 spiro atoms. The van der Waals surface area contributed by atoms with E-state index >= 15 is 0 Å². The second kappa shape index (κ2) is 6.86. The topological polar surface area (TPSA) is 114 Å². The molecule has 0 atom stereocenters. The summed E-state index contributed by atoms with van der Waals surface area (Å²) in [7, 11) is 0. The van der Waals surface area contributed by atoms with Crippen molar-refractivity contribution < 1.29 is 14.0 Å². The number of hydrogen-bond acceptors (Lipinski definition) is 8. The van der Waals surface area contributed by atoms with Gasteiger partial charge in [0.05, 0.1) is 24.2 Å². The van der Waals surface area contributed by atoms with Crippen LogP contribution in [0.2, 0.25) is 0 Å². The molecule has 3 aliphatic rings. The van der Waals surface area contributed by atoms with Gasteiger partial charge in [0, 0.05) is 24.8 Å². The predicted molar refractivity (Wildman–Crippen MR) is 114 cm³/mol. The second-order valence-electron chi connectivity index (χ2n) is 8.93. The van der Waals surface area contributed by atoms with Gasteiger partial charge in [-0.1, -0.05) is 11.2 Å². The maximum atomic E-state index is 6.28. The summed E-state index contributed by atoms with van der Waals surface area (Å²) in [6.07, 6.45) is 8.32. The normalized spacial score (nSPS) is 20.8. The minimum absolute atomic E-state index is 0.120. The molecule has 3 aromatic rings. The number of anilines is 1. The Morgan fingerprint density at radius 3 is 2.65 bits per heavy atom. The quantitative estimate of drug-likeness (QED) is 0.675.